The highest BCUT2D eigenvalue weighted by Crippen LogP contribution is 2.34. The number of halogens is 5. The Kier molecular flexibility index (Phi) is 4.83. The highest BCUT2D eigenvalue weighted by molar-refractivity contribution is 5.23. The lowest BCUT2D eigenvalue weighted by Crippen LogP contribution is -2.47. The number of alkyl halides is 3. The molecule has 21 heavy (non-hydrogen) atoms. The molecule has 1 aliphatic rings. The van der Waals surface area contributed by atoms with Gasteiger partial charge in [0.05, 0.1) is 6.61 Å². The fourth-order valence-electron chi connectivity index (χ4n) is 2.67. The van der Waals surface area contributed by atoms with Gasteiger partial charge in [0.2, 0.25) is 0 Å². The van der Waals surface area contributed by atoms with Crippen molar-refractivity contribution in [2.75, 3.05) is 26.8 Å². The zero-order valence-electron chi connectivity index (χ0n) is 11.5. The Labute approximate surface area is 119 Å². The van der Waals surface area contributed by atoms with Crippen LogP contribution in [0.1, 0.15) is 17.9 Å². The summed E-state index contributed by atoms with van der Waals surface area (Å²) in [7, 11) is 1.22. The van der Waals surface area contributed by atoms with E-state index in [0.29, 0.717) is 12.0 Å². The Hall–Kier alpha value is -1.21. The molecule has 1 heterocycles. The van der Waals surface area contributed by atoms with Crippen LogP contribution in [0.25, 0.3) is 0 Å². The number of hydrogen-bond acceptors (Lipinski definition) is 2. The van der Waals surface area contributed by atoms with Crippen LogP contribution >= 0.6 is 0 Å². The van der Waals surface area contributed by atoms with E-state index in [2.05, 4.69) is 4.74 Å². The number of likely N-dealkylation sites (tertiary alicyclic amines) is 1. The van der Waals surface area contributed by atoms with Gasteiger partial charge in [-0.25, -0.2) is 8.78 Å². The van der Waals surface area contributed by atoms with Crippen molar-refractivity contribution in [1.29, 1.82) is 0 Å². The van der Waals surface area contributed by atoms with Crippen molar-refractivity contribution in [2.24, 2.45) is 0 Å². The Balaban J connectivity index is 2.10. The Morgan fingerprint density at radius 3 is 2.57 bits per heavy atom. The van der Waals surface area contributed by atoms with E-state index in [1.165, 1.54) is 18.1 Å². The second-order valence-electron chi connectivity index (χ2n) is 5.17. The zero-order chi connectivity index (χ0) is 15.6. The molecule has 118 valence electrons. The molecule has 2 atom stereocenters. The standard InChI is InChI=1S/C14H16F5NO/c1-21-8-13(14(17,18)19)20-5-4-10(7-20)9-2-3-11(15)12(16)6-9/h2-3,6,10,13H,4-5,7-8H2,1H3. The minimum absolute atomic E-state index is 0.151. The maximum absolute atomic E-state index is 13.2. The Morgan fingerprint density at radius 2 is 2.00 bits per heavy atom. The number of hydrogen-bond donors (Lipinski definition) is 0. The molecule has 0 bridgehead atoms. The minimum Gasteiger partial charge on any atom is -0.383 e. The highest BCUT2D eigenvalue weighted by atomic mass is 19.4. The molecule has 7 heteroatoms. The molecule has 0 spiro atoms. The van der Waals surface area contributed by atoms with E-state index in [0.717, 1.165) is 12.1 Å². The van der Waals surface area contributed by atoms with Gasteiger partial charge in [0.1, 0.15) is 6.04 Å². The van der Waals surface area contributed by atoms with Crippen LogP contribution in [0.5, 0.6) is 0 Å². The van der Waals surface area contributed by atoms with Gasteiger partial charge in [0.25, 0.3) is 0 Å². The molecule has 2 rings (SSSR count). The van der Waals surface area contributed by atoms with Gasteiger partial charge in [-0.05, 0) is 36.6 Å². The third-order valence-corrected chi connectivity index (χ3v) is 3.78. The SMILES string of the molecule is COCC(N1CCC(c2ccc(F)c(F)c2)C1)C(F)(F)F. The molecular formula is C14H16F5NO. The van der Waals surface area contributed by atoms with E-state index in [-0.39, 0.29) is 19.0 Å². The van der Waals surface area contributed by atoms with Crippen LogP contribution < -0.4 is 0 Å². The van der Waals surface area contributed by atoms with Crippen LogP contribution in [0.15, 0.2) is 18.2 Å². The first-order valence-corrected chi connectivity index (χ1v) is 6.57. The van der Waals surface area contributed by atoms with Gasteiger partial charge in [0.15, 0.2) is 11.6 Å². The quantitative estimate of drug-likeness (QED) is 0.791. The summed E-state index contributed by atoms with van der Waals surface area (Å²) in [5, 5.41) is 0. The second kappa shape index (κ2) is 6.27. The average Bonchev–Trinajstić information content (AvgIpc) is 2.87. The average molecular weight is 309 g/mol. The van der Waals surface area contributed by atoms with Crippen molar-refractivity contribution >= 4 is 0 Å². The number of ether oxygens (including phenoxy) is 1. The van der Waals surface area contributed by atoms with Crippen LogP contribution in [0.4, 0.5) is 22.0 Å². The van der Waals surface area contributed by atoms with Gasteiger partial charge in [-0.15, -0.1) is 0 Å². The second-order valence-corrected chi connectivity index (χ2v) is 5.17. The molecule has 0 aromatic heterocycles. The fraction of sp³-hybridized carbons (Fsp3) is 0.571. The summed E-state index contributed by atoms with van der Waals surface area (Å²) in [4.78, 5) is 1.29. The van der Waals surface area contributed by atoms with Gasteiger partial charge >= 0.3 is 6.18 Å². The van der Waals surface area contributed by atoms with Crippen LogP contribution in [-0.4, -0.2) is 43.9 Å². The summed E-state index contributed by atoms with van der Waals surface area (Å²) in [5.41, 5.74) is 0.523. The molecule has 1 aromatic carbocycles. The van der Waals surface area contributed by atoms with Crippen LogP contribution in [0, 0.1) is 11.6 Å². The largest absolute Gasteiger partial charge is 0.406 e. The number of methoxy groups -OCH3 is 1. The summed E-state index contributed by atoms with van der Waals surface area (Å²) in [6, 6.07) is 1.82. The smallest absolute Gasteiger partial charge is 0.383 e. The van der Waals surface area contributed by atoms with Gasteiger partial charge < -0.3 is 4.74 Å². The van der Waals surface area contributed by atoms with Crippen molar-refractivity contribution in [1.82, 2.24) is 4.90 Å². The highest BCUT2D eigenvalue weighted by Gasteiger charge is 2.45. The topological polar surface area (TPSA) is 12.5 Å². The fourth-order valence-corrected chi connectivity index (χ4v) is 2.67. The third kappa shape index (κ3) is 3.71. The first-order valence-electron chi connectivity index (χ1n) is 6.57. The van der Waals surface area contributed by atoms with Gasteiger partial charge in [0, 0.05) is 13.7 Å². The third-order valence-electron chi connectivity index (χ3n) is 3.78. The van der Waals surface area contributed by atoms with Crippen molar-refractivity contribution in [2.45, 2.75) is 24.6 Å². The predicted octanol–water partition coefficient (Wildman–Crippen LogP) is 3.33. The summed E-state index contributed by atoms with van der Waals surface area (Å²) in [6.07, 6.45) is -3.90. The Bertz CT molecular complexity index is 491. The van der Waals surface area contributed by atoms with Crippen LogP contribution in [-0.2, 0) is 4.74 Å². The van der Waals surface area contributed by atoms with Crippen molar-refractivity contribution in [3.05, 3.63) is 35.4 Å². The number of benzene rings is 1. The molecule has 1 aromatic rings. The monoisotopic (exact) mass is 309 g/mol. The molecule has 1 saturated heterocycles. The van der Waals surface area contributed by atoms with Crippen LogP contribution in [0.2, 0.25) is 0 Å². The Morgan fingerprint density at radius 1 is 1.29 bits per heavy atom. The van der Waals surface area contributed by atoms with E-state index in [1.54, 1.807) is 0 Å². The van der Waals surface area contributed by atoms with Gasteiger partial charge in [-0.3, -0.25) is 4.90 Å². The van der Waals surface area contributed by atoms with Gasteiger partial charge in [-0.1, -0.05) is 6.07 Å². The molecule has 0 radical (unpaired) electrons. The van der Waals surface area contributed by atoms with E-state index < -0.39 is 30.5 Å². The first kappa shape index (κ1) is 16.2. The molecule has 2 unspecified atom stereocenters. The molecule has 2 nitrogen and oxygen atoms in total. The van der Waals surface area contributed by atoms with Crippen LogP contribution in [0.3, 0.4) is 0 Å². The molecule has 0 N–H and O–H groups in total. The van der Waals surface area contributed by atoms with Crippen molar-refractivity contribution < 1.29 is 26.7 Å². The lowest BCUT2D eigenvalue weighted by Gasteiger charge is -2.29. The molecule has 1 aliphatic heterocycles. The molecule has 0 aliphatic carbocycles. The lowest BCUT2D eigenvalue weighted by molar-refractivity contribution is -0.192. The summed E-state index contributed by atoms with van der Waals surface area (Å²) >= 11 is 0. The van der Waals surface area contributed by atoms with E-state index in [1.807, 2.05) is 0 Å². The summed E-state index contributed by atoms with van der Waals surface area (Å²) in [6.45, 7) is -0.0379. The lowest BCUT2D eigenvalue weighted by atomic mass is 9.98. The summed E-state index contributed by atoms with van der Waals surface area (Å²) < 4.78 is 69.7. The maximum Gasteiger partial charge on any atom is 0.406 e. The number of rotatable bonds is 4. The van der Waals surface area contributed by atoms with Gasteiger partial charge in [-0.2, -0.15) is 13.2 Å². The first-order chi connectivity index (χ1) is 9.82. The zero-order valence-corrected chi connectivity index (χ0v) is 11.5. The van der Waals surface area contributed by atoms with Crippen molar-refractivity contribution in [3.8, 4) is 0 Å². The molecule has 0 amide bonds. The molecule has 0 saturated carbocycles. The number of nitrogens with zero attached hydrogens (tertiary/aromatic N) is 1. The maximum atomic E-state index is 13.2. The molecular weight excluding hydrogens is 293 g/mol. The minimum atomic E-state index is -4.38. The van der Waals surface area contributed by atoms with Crippen molar-refractivity contribution in [3.63, 3.8) is 0 Å². The normalized spacial score (nSPS) is 21.7. The predicted molar refractivity (Wildman–Crippen MR) is 67.0 cm³/mol. The van der Waals surface area contributed by atoms with E-state index in [4.69, 9.17) is 0 Å². The van der Waals surface area contributed by atoms with E-state index >= 15 is 0 Å². The summed E-state index contributed by atoms with van der Waals surface area (Å²) in [5.74, 6) is -2.17. The molecule has 1 fully saturated rings. The van der Waals surface area contributed by atoms with E-state index in [9.17, 15) is 22.0 Å².